The molecule has 856 valence electrons. The largest absolute Gasteiger partial charge is 0.475 e. The Labute approximate surface area is 888 Å². The number of hydrogen-bond acceptors (Lipinski definition) is 22. The molecule has 2 heterocycles. The molecule has 2 rings (SSSR count). The highest BCUT2D eigenvalue weighted by Gasteiger charge is 2.56. The summed E-state index contributed by atoms with van der Waals surface area (Å²) in [4.78, 5) is 92.0. The smallest absolute Gasteiger partial charge is 0.462 e. The van der Waals surface area contributed by atoms with Crippen molar-refractivity contribution in [1.82, 2.24) is 10.6 Å². The third-order valence-electron chi connectivity index (χ3n) is 28.6. The molecule has 0 spiro atoms. The van der Waals surface area contributed by atoms with E-state index in [-0.39, 0.29) is 90.0 Å². The van der Waals surface area contributed by atoms with Crippen LogP contribution in [0.2, 0.25) is 0 Å². The molecule has 145 heavy (non-hydrogen) atoms. The van der Waals surface area contributed by atoms with E-state index in [9.17, 15) is 9.59 Å². The Morgan fingerprint density at radius 3 is 0.890 bits per heavy atom. The molecule has 0 aliphatic carbocycles. The van der Waals surface area contributed by atoms with Gasteiger partial charge in [0.25, 0.3) is 0 Å². The van der Waals surface area contributed by atoms with Gasteiger partial charge in [-0.1, -0.05) is 456 Å². The first-order valence-corrected chi connectivity index (χ1v) is 63.3. The van der Waals surface area contributed by atoms with Gasteiger partial charge in [0.15, 0.2) is 24.8 Å². The van der Waals surface area contributed by atoms with Crippen LogP contribution >= 0.6 is 7.82 Å². The fraction of sp³-hybridized carbons (Fsp3) is 0.950. The van der Waals surface area contributed by atoms with E-state index in [1.54, 1.807) is 0 Å². The summed E-state index contributed by atoms with van der Waals surface area (Å²) in [6, 6.07) is -2.71. The number of unbranched alkanes of at least 4 members (excludes halogenated alkanes) is 55. The molecular formula is C120H229N2O22P. The standard InChI is InChI=1S/C120H229N2O22P/c1-14-27-40-46-52-58-64-70-76-82-101(131-89-34-21-8)95-107(123)121-113-117(142-111(127)97-102(132-90-35-22-9)83-77-71-65-59-53-47-41-28-15-2)115(133-91-36-23-10)106(141-119(113)134-92-37-24-11)100-135-120-114(122-108(124)96-103(84-78-72-66-60-54-48-42-29-16-3)138-109(125)86-80-74-68-62-56-50-44-31-18-5)118(116(105(140-120)99-130-88-33-20-7)144-145(129,136-93-38-25-12)137-94-39-26-13)143-112(128)98-104(85-79-73-67-61-55-49-43-30-17-4)139-110(126)87-81-75-69-63-57-51-45-32-19-6/h101-106,113-120H,14-100H2,1-13H3,(H,121,123)(H,122,124)/t101-,102-,103-,104-,105?,106?,113?,114+,115-,116-,117-,118?,119+,120-/m1/s1. The molecule has 25 heteroatoms. The van der Waals surface area contributed by atoms with E-state index in [1.165, 1.54) is 173 Å². The van der Waals surface area contributed by atoms with Crippen molar-refractivity contribution < 1.29 is 104 Å². The third-order valence-corrected chi connectivity index (χ3v) is 30.1. The highest BCUT2D eigenvalue weighted by Crippen LogP contribution is 2.53. The van der Waals surface area contributed by atoms with Gasteiger partial charge in [-0.3, -0.25) is 42.3 Å². The number of carbonyl (C=O) groups is 6. The van der Waals surface area contributed by atoms with Gasteiger partial charge in [0.1, 0.15) is 48.7 Å². The molecular weight excluding hydrogens is 1850 g/mol. The lowest BCUT2D eigenvalue weighted by Gasteiger charge is -2.48. The number of phosphoric acid groups is 1. The summed E-state index contributed by atoms with van der Waals surface area (Å²) in [5, 5.41) is 6.64. The van der Waals surface area contributed by atoms with Gasteiger partial charge in [0, 0.05) is 45.9 Å². The van der Waals surface area contributed by atoms with Gasteiger partial charge in [-0.25, -0.2) is 4.57 Å². The predicted octanol–water partition coefficient (Wildman–Crippen LogP) is 32.5. The summed E-state index contributed by atoms with van der Waals surface area (Å²) in [5.41, 5.74) is 0. The van der Waals surface area contributed by atoms with Crippen LogP contribution in [0.15, 0.2) is 0 Å². The quantitative estimate of drug-likeness (QED) is 0.0248. The average Bonchev–Trinajstić information content (AvgIpc) is 0.758. The fourth-order valence-electron chi connectivity index (χ4n) is 19.2. The van der Waals surface area contributed by atoms with Gasteiger partial charge in [-0.05, 0) is 96.3 Å². The zero-order valence-electron chi connectivity index (χ0n) is 96.0. The van der Waals surface area contributed by atoms with Crippen LogP contribution in [0.1, 0.15) is 591 Å². The number of phosphoric ester groups is 1. The van der Waals surface area contributed by atoms with Crippen LogP contribution in [-0.2, 0) is 104 Å². The first-order valence-electron chi connectivity index (χ1n) is 61.8. The second-order valence-electron chi connectivity index (χ2n) is 42.6. The van der Waals surface area contributed by atoms with Gasteiger partial charge in [0.05, 0.1) is 64.3 Å². The minimum Gasteiger partial charge on any atom is -0.462 e. The van der Waals surface area contributed by atoms with Crippen LogP contribution in [0.3, 0.4) is 0 Å². The van der Waals surface area contributed by atoms with E-state index >= 15 is 23.7 Å². The van der Waals surface area contributed by atoms with Crippen LogP contribution in [0.4, 0.5) is 0 Å². The Kier molecular flexibility index (Phi) is 93.7. The van der Waals surface area contributed by atoms with E-state index in [1.807, 2.05) is 13.8 Å². The van der Waals surface area contributed by atoms with Crippen molar-refractivity contribution in [3.8, 4) is 0 Å². The lowest BCUT2D eigenvalue weighted by Crippen LogP contribution is -2.68. The number of hydrogen-bond donors (Lipinski definition) is 2. The highest BCUT2D eigenvalue weighted by molar-refractivity contribution is 7.48. The Morgan fingerprint density at radius 2 is 0.524 bits per heavy atom. The molecule has 0 bridgehead atoms. The summed E-state index contributed by atoms with van der Waals surface area (Å²) in [6.07, 6.45) is 56.9. The average molecular weight is 2080 g/mol. The molecule has 0 radical (unpaired) electrons. The first kappa shape index (κ1) is 138. The number of nitrogens with one attached hydrogen (secondary N) is 2. The van der Waals surface area contributed by atoms with Crippen LogP contribution in [0, 0.1) is 0 Å². The third kappa shape index (κ3) is 74.4. The topological polar surface area (TPSA) is 282 Å². The summed E-state index contributed by atoms with van der Waals surface area (Å²) in [6.45, 7) is 28.7. The van der Waals surface area contributed by atoms with Gasteiger partial charge in [-0.2, -0.15) is 0 Å². The Bertz CT molecular complexity index is 2980. The number of esters is 4. The molecule has 2 aliphatic heterocycles. The van der Waals surface area contributed by atoms with Crippen LogP contribution < -0.4 is 10.6 Å². The van der Waals surface area contributed by atoms with Gasteiger partial charge in [0.2, 0.25) is 11.8 Å². The second-order valence-corrected chi connectivity index (χ2v) is 44.2. The number of carbonyl (C=O) groups excluding carboxylic acids is 6. The van der Waals surface area contributed by atoms with Crippen LogP contribution in [0.5, 0.6) is 0 Å². The number of rotatable bonds is 108. The van der Waals surface area contributed by atoms with Crippen molar-refractivity contribution in [2.24, 2.45) is 0 Å². The monoisotopic (exact) mass is 2080 g/mol. The molecule has 14 atom stereocenters. The fourth-order valence-corrected chi connectivity index (χ4v) is 20.7. The van der Waals surface area contributed by atoms with Crippen molar-refractivity contribution in [1.29, 1.82) is 0 Å². The van der Waals surface area contributed by atoms with E-state index < -0.39 is 124 Å². The lowest BCUT2D eigenvalue weighted by molar-refractivity contribution is -0.309. The highest BCUT2D eigenvalue weighted by atomic mass is 31.2. The zero-order chi connectivity index (χ0) is 106. The summed E-state index contributed by atoms with van der Waals surface area (Å²) >= 11 is 0. The molecule has 0 saturated carbocycles. The van der Waals surface area contributed by atoms with Crippen molar-refractivity contribution in [2.75, 3.05) is 59.5 Å². The molecule has 4 unspecified atom stereocenters. The SMILES string of the molecule is CCCCCCCCCCCC(=O)O[C@H](CCCCCCCCCCC)CC(=O)N[C@H]1C(OC(=O)C[C@@H](CCCCCCCCCCC)OC(=O)CCCCCCCCCCC)[C@H](OP(=O)(OCCCC)OCCCC)C(COCCCC)O[C@H]1OCC1O[C@H](OCCCC)C(NC(=O)C[C@@H](CCCCCCCCCCC)OCCCC)[C@@H](OC(=O)C[C@@H](CCCCCCCCCCC)OCCCC)[C@@H]1OCCCC. The Morgan fingerprint density at radius 1 is 0.255 bits per heavy atom. The van der Waals surface area contributed by atoms with Crippen molar-refractivity contribution in [2.45, 2.75) is 677 Å². The molecule has 0 aromatic heterocycles. The van der Waals surface area contributed by atoms with Crippen molar-refractivity contribution >= 4 is 43.5 Å². The minimum atomic E-state index is -4.70. The Balaban J connectivity index is 3.35. The van der Waals surface area contributed by atoms with Gasteiger partial charge >= 0.3 is 31.7 Å². The van der Waals surface area contributed by atoms with Gasteiger partial charge in [-0.15, -0.1) is 0 Å². The molecule has 24 nitrogen and oxygen atoms in total. The molecule has 0 aromatic carbocycles. The summed E-state index contributed by atoms with van der Waals surface area (Å²) in [7, 11) is -4.70. The van der Waals surface area contributed by atoms with E-state index in [4.69, 9.17) is 70.4 Å². The van der Waals surface area contributed by atoms with E-state index in [2.05, 4.69) is 86.8 Å². The maximum atomic E-state index is 16.1. The second kappa shape index (κ2) is 98.7. The normalized spacial score (nSPS) is 19.0. The molecule has 2 aliphatic rings. The zero-order valence-corrected chi connectivity index (χ0v) is 96.9. The maximum Gasteiger partial charge on any atom is 0.475 e. The lowest BCUT2D eigenvalue weighted by atomic mass is 9.94. The minimum absolute atomic E-state index is 0.0163. The molecule has 2 fully saturated rings. The van der Waals surface area contributed by atoms with Crippen molar-refractivity contribution in [3.05, 3.63) is 0 Å². The first-order chi connectivity index (χ1) is 70.9. The number of amides is 2. The van der Waals surface area contributed by atoms with E-state index in [0.717, 1.165) is 193 Å². The van der Waals surface area contributed by atoms with E-state index in [0.29, 0.717) is 110 Å². The summed E-state index contributed by atoms with van der Waals surface area (Å²) in [5.74, 6) is -3.06. The molecule has 2 saturated heterocycles. The Hall–Kier alpha value is -3.39. The molecule has 2 N–H and O–H groups in total. The van der Waals surface area contributed by atoms with Crippen LogP contribution in [0.25, 0.3) is 0 Å². The molecule has 2 amide bonds. The van der Waals surface area contributed by atoms with Crippen LogP contribution in [-0.4, -0.2) is 181 Å². The van der Waals surface area contributed by atoms with Crippen molar-refractivity contribution in [3.63, 3.8) is 0 Å². The summed E-state index contributed by atoms with van der Waals surface area (Å²) < 4.78 is 119. The predicted molar refractivity (Wildman–Crippen MR) is 591 cm³/mol. The molecule has 0 aromatic rings. The van der Waals surface area contributed by atoms with Gasteiger partial charge < -0.3 is 67.5 Å². The number of ether oxygens (including phenoxy) is 12. The maximum absolute atomic E-state index is 16.1.